The number of fused-ring (bicyclic) bond motifs is 1. The number of aromatic amines is 1. The molecule has 1 atom stereocenters. The Morgan fingerprint density at radius 2 is 2.00 bits per heavy atom. The van der Waals surface area contributed by atoms with Gasteiger partial charge in [0.2, 0.25) is 11.8 Å². The minimum atomic E-state index is -0.556. The lowest BCUT2D eigenvalue weighted by Crippen LogP contribution is -2.47. The van der Waals surface area contributed by atoms with E-state index in [4.69, 9.17) is 0 Å². The van der Waals surface area contributed by atoms with Gasteiger partial charge in [0, 0.05) is 37.0 Å². The predicted octanol–water partition coefficient (Wildman–Crippen LogP) is 1.72. The van der Waals surface area contributed by atoms with Crippen molar-refractivity contribution in [2.75, 3.05) is 20.1 Å². The number of aromatic nitrogens is 1. The molecule has 1 aliphatic heterocycles. The molecule has 6 nitrogen and oxygen atoms in total. The number of piperidine rings is 1. The average molecular weight is 356 g/mol. The fourth-order valence-electron chi connectivity index (χ4n) is 3.68. The summed E-state index contributed by atoms with van der Waals surface area (Å²) in [6.07, 6.45) is 6.01. The summed E-state index contributed by atoms with van der Waals surface area (Å²) < 4.78 is 0. The highest BCUT2D eigenvalue weighted by atomic mass is 16.2. The van der Waals surface area contributed by atoms with Crippen molar-refractivity contribution < 1.29 is 9.59 Å². The van der Waals surface area contributed by atoms with Crippen molar-refractivity contribution in [1.29, 1.82) is 0 Å². The summed E-state index contributed by atoms with van der Waals surface area (Å²) in [6.45, 7) is 2.07. The Kier molecular flexibility index (Phi) is 6.28. The van der Waals surface area contributed by atoms with Gasteiger partial charge in [-0.05, 0) is 49.9 Å². The van der Waals surface area contributed by atoms with Crippen molar-refractivity contribution in [3.8, 4) is 0 Å². The van der Waals surface area contributed by atoms with Crippen LogP contribution in [0.4, 0.5) is 0 Å². The highest BCUT2D eigenvalue weighted by molar-refractivity contribution is 5.89. The Balaban J connectivity index is 1.60. The number of para-hydroxylation sites is 1. The molecule has 26 heavy (non-hydrogen) atoms. The van der Waals surface area contributed by atoms with Crippen LogP contribution in [0.5, 0.6) is 0 Å². The number of H-pyrrole nitrogens is 1. The van der Waals surface area contributed by atoms with Crippen molar-refractivity contribution in [2.24, 2.45) is 5.92 Å². The molecule has 0 spiro atoms. The Morgan fingerprint density at radius 3 is 2.77 bits per heavy atom. The van der Waals surface area contributed by atoms with E-state index in [9.17, 15) is 9.59 Å². The molecular formula is C20H28N4O2. The lowest BCUT2D eigenvalue weighted by Gasteiger charge is -2.23. The van der Waals surface area contributed by atoms with Crippen LogP contribution in [0, 0.1) is 5.92 Å². The Hall–Kier alpha value is -2.34. The molecule has 2 amide bonds. The molecule has 1 aliphatic rings. The molecule has 0 aliphatic carbocycles. The summed E-state index contributed by atoms with van der Waals surface area (Å²) in [7, 11) is 1.60. The smallest absolute Gasteiger partial charge is 0.242 e. The van der Waals surface area contributed by atoms with Crippen molar-refractivity contribution in [3.63, 3.8) is 0 Å². The maximum atomic E-state index is 12.4. The van der Waals surface area contributed by atoms with Gasteiger partial charge in [-0.3, -0.25) is 9.59 Å². The van der Waals surface area contributed by atoms with Crippen LogP contribution in [0.3, 0.4) is 0 Å². The van der Waals surface area contributed by atoms with Gasteiger partial charge in [0.25, 0.3) is 0 Å². The SMILES string of the molecule is CNC(=O)[C@H](Cc1c[nH]c2ccccc12)NC(=O)CCC1CCNCC1. The molecule has 1 aromatic carbocycles. The molecule has 0 radical (unpaired) electrons. The van der Waals surface area contributed by atoms with Gasteiger partial charge < -0.3 is 20.9 Å². The standard InChI is InChI=1S/C20H28N4O2/c1-21-20(26)18(12-15-13-23-17-5-3-2-4-16(15)17)24-19(25)7-6-14-8-10-22-11-9-14/h2-5,13-14,18,22-23H,6-12H2,1H3,(H,21,26)(H,24,25)/t18-/m0/s1. The predicted molar refractivity (Wildman–Crippen MR) is 103 cm³/mol. The third kappa shape index (κ3) is 4.64. The minimum Gasteiger partial charge on any atom is -0.361 e. The topological polar surface area (TPSA) is 86.0 Å². The molecular weight excluding hydrogens is 328 g/mol. The van der Waals surface area contributed by atoms with Crippen LogP contribution in [0.1, 0.15) is 31.2 Å². The number of benzene rings is 1. The van der Waals surface area contributed by atoms with Crippen LogP contribution in [-0.4, -0.2) is 43.0 Å². The Labute approximate surface area is 154 Å². The third-order valence-corrected chi connectivity index (χ3v) is 5.24. The molecule has 1 saturated heterocycles. The lowest BCUT2D eigenvalue weighted by molar-refractivity contribution is -0.128. The number of carbonyl (C=O) groups excluding carboxylic acids is 2. The first-order chi connectivity index (χ1) is 12.7. The number of nitrogens with one attached hydrogen (secondary N) is 4. The van der Waals surface area contributed by atoms with Crippen molar-refractivity contribution in [1.82, 2.24) is 20.9 Å². The normalized spacial score (nSPS) is 16.3. The van der Waals surface area contributed by atoms with Gasteiger partial charge in [-0.15, -0.1) is 0 Å². The van der Waals surface area contributed by atoms with Crippen LogP contribution in [0.25, 0.3) is 10.9 Å². The summed E-state index contributed by atoms with van der Waals surface area (Å²) in [5.74, 6) is 0.400. The Bertz CT molecular complexity index is 749. The van der Waals surface area contributed by atoms with Crippen LogP contribution in [-0.2, 0) is 16.0 Å². The van der Waals surface area contributed by atoms with Gasteiger partial charge >= 0.3 is 0 Å². The maximum absolute atomic E-state index is 12.4. The number of amides is 2. The number of rotatable bonds is 7. The molecule has 2 heterocycles. The molecule has 0 saturated carbocycles. The van der Waals surface area contributed by atoms with Crippen LogP contribution in [0.2, 0.25) is 0 Å². The molecule has 6 heteroatoms. The van der Waals surface area contributed by atoms with Crippen LogP contribution >= 0.6 is 0 Å². The first-order valence-electron chi connectivity index (χ1n) is 9.44. The van der Waals surface area contributed by atoms with Crippen molar-refractivity contribution in [2.45, 2.75) is 38.1 Å². The van der Waals surface area contributed by atoms with E-state index in [0.29, 0.717) is 18.8 Å². The molecule has 1 aromatic heterocycles. The van der Waals surface area contributed by atoms with E-state index in [1.807, 2.05) is 30.5 Å². The van der Waals surface area contributed by atoms with E-state index < -0.39 is 6.04 Å². The zero-order valence-corrected chi connectivity index (χ0v) is 15.3. The van der Waals surface area contributed by atoms with Gasteiger partial charge in [0.05, 0.1) is 0 Å². The monoisotopic (exact) mass is 356 g/mol. The van der Waals surface area contributed by atoms with E-state index in [1.54, 1.807) is 7.05 Å². The van der Waals surface area contributed by atoms with Crippen molar-refractivity contribution >= 4 is 22.7 Å². The largest absolute Gasteiger partial charge is 0.361 e. The molecule has 140 valence electrons. The number of likely N-dealkylation sites (N-methyl/N-ethyl adjacent to an activating group) is 1. The summed E-state index contributed by atoms with van der Waals surface area (Å²) in [5, 5.41) is 10.0. The van der Waals surface area contributed by atoms with E-state index in [0.717, 1.165) is 48.8 Å². The van der Waals surface area contributed by atoms with Gasteiger partial charge in [-0.1, -0.05) is 18.2 Å². The average Bonchev–Trinajstić information content (AvgIpc) is 3.09. The number of carbonyl (C=O) groups is 2. The second-order valence-corrected chi connectivity index (χ2v) is 7.03. The van der Waals surface area contributed by atoms with E-state index in [1.165, 1.54) is 0 Å². The van der Waals surface area contributed by atoms with E-state index in [-0.39, 0.29) is 11.8 Å². The van der Waals surface area contributed by atoms with Crippen LogP contribution in [0.15, 0.2) is 30.5 Å². The van der Waals surface area contributed by atoms with E-state index in [2.05, 4.69) is 20.9 Å². The third-order valence-electron chi connectivity index (χ3n) is 5.24. The second-order valence-electron chi connectivity index (χ2n) is 7.03. The Morgan fingerprint density at radius 1 is 1.23 bits per heavy atom. The minimum absolute atomic E-state index is 0.0445. The molecule has 1 fully saturated rings. The lowest BCUT2D eigenvalue weighted by atomic mass is 9.93. The maximum Gasteiger partial charge on any atom is 0.242 e. The molecule has 3 rings (SSSR count). The zero-order valence-electron chi connectivity index (χ0n) is 15.3. The molecule has 2 aromatic rings. The fourth-order valence-corrected chi connectivity index (χ4v) is 3.68. The second kappa shape index (κ2) is 8.85. The van der Waals surface area contributed by atoms with Gasteiger partial charge in [0.15, 0.2) is 0 Å². The van der Waals surface area contributed by atoms with Gasteiger partial charge in [0.1, 0.15) is 6.04 Å². The first-order valence-corrected chi connectivity index (χ1v) is 9.44. The van der Waals surface area contributed by atoms with Gasteiger partial charge in [-0.25, -0.2) is 0 Å². The molecule has 0 bridgehead atoms. The van der Waals surface area contributed by atoms with E-state index >= 15 is 0 Å². The quantitative estimate of drug-likeness (QED) is 0.609. The van der Waals surface area contributed by atoms with Crippen LogP contribution < -0.4 is 16.0 Å². The zero-order chi connectivity index (χ0) is 18.4. The van der Waals surface area contributed by atoms with Gasteiger partial charge in [-0.2, -0.15) is 0 Å². The van der Waals surface area contributed by atoms with Crippen molar-refractivity contribution in [3.05, 3.63) is 36.0 Å². The summed E-state index contributed by atoms with van der Waals surface area (Å²) >= 11 is 0. The molecule has 4 N–H and O–H groups in total. The first kappa shape index (κ1) is 18.5. The number of hydrogen-bond acceptors (Lipinski definition) is 3. The highest BCUT2D eigenvalue weighted by Gasteiger charge is 2.22. The summed E-state index contributed by atoms with van der Waals surface area (Å²) in [5.41, 5.74) is 2.07. The summed E-state index contributed by atoms with van der Waals surface area (Å²) in [4.78, 5) is 27.9. The highest BCUT2D eigenvalue weighted by Crippen LogP contribution is 2.20. The molecule has 0 unspecified atom stereocenters. The summed E-state index contributed by atoms with van der Waals surface area (Å²) in [6, 6.07) is 7.43. The fraction of sp³-hybridized carbons (Fsp3) is 0.500. The number of hydrogen-bond donors (Lipinski definition) is 4.